The van der Waals surface area contributed by atoms with E-state index in [4.69, 9.17) is 20.6 Å². The van der Waals surface area contributed by atoms with Gasteiger partial charge in [-0.3, -0.25) is 0 Å². The molecule has 0 saturated heterocycles. The molecule has 0 bridgehead atoms. The van der Waals surface area contributed by atoms with Gasteiger partial charge in [0, 0.05) is 11.6 Å². The molecule has 0 fully saturated rings. The van der Waals surface area contributed by atoms with Gasteiger partial charge in [-0.15, -0.1) is 6.42 Å². The Morgan fingerprint density at radius 3 is 2.95 bits per heavy atom. The van der Waals surface area contributed by atoms with Crippen molar-refractivity contribution in [1.29, 1.82) is 0 Å². The quantitative estimate of drug-likeness (QED) is 0.314. The van der Waals surface area contributed by atoms with Gasteiger partial charge in [-0.1, -0.05) is 33.5 Å². The lowest BCUT2D eigenvalue weighted by Gasteiger charge is -2.10. The van der Waals surface area contributed by atoms with Crippen LogP contribution in [0.2, 0.25) is 0 Å². The Morgan fingerprint density at radius 1 is 1.45 bits per heavy atom. The van der Waals surface area contributed by atoms with E-state index in [9.17, 15) is 0 Å². The molecule has 0 amide bonds. The zero-order chi connectivity index (χ0) is 14.8. The van der Waals surface area contributed by atoms with Gasteiger partial charge in [0.05, 0.1) is 6.61 Å². The highest BCUT2D eigenvalue weighted by atomic mass is 79.9. The molecule has 0 spiro atoms. The molecule has 0 radical (unpaired) electrons. The van der Waals surface area contributed by atoms with Crippen LogP contribution in [0.1, 0.15) is 12.5 Å². The molecule has 0 aliphatic rings. The van der Waals surface area contributed by atoms with E-state index in [2.05, 4.69) is 27.9 Å². The summed E-state index contributed by atoms with van der Waals surface area (Å²) in [7, 11) is 1.60. The van der Waals surface area contributed by atoms with Crippen molar-refractivity contribution in [2.24, 2.45) is 0 Å². The maximum Gasteiger partial charge on any atom is 0.188 e. The third-order valence-corrected chi connectivity index (χ3v) is 3.03. The van der Waals surface area contributed by atoms with Gasteiger partial charge in [0.25, 0.3) is 0 Å². The van der Waals surface area contributed by atoms with Crippen molar-refractivity contribution in [2.45, 2.75) is 13.3 Å². The fourth-order valence-electron chi connectivity index (χ4n) is 1.58. The minimum atomic E-state index is 0.239. The van der Waals surface area contributed by atoms with Crippen LogP contribution in [0, 0.1) is 12.3 Å². The lowest BCUT2D eigenvalue weighted by atomic mass is 10.1. The third-order valence-electron chi connectivity index (χ3n) is 2.54. The summed E-state index contributed by atoms with van der Waals surface area (Å²) in [5, 5.41) is 0. The van der Waals surface area contributed by atoms with Crippen LogP contribution >= 0.6 is 15.9 Å². The Morgan fingerprint density at radius 2 is 2.25 bits per heavy atom. The number of hydrogen-bond acceptors (Lipinski definition) is 3. The number of hydrogen-bond donors (Lipinski definition) is 0. The van der Waals surface area contributed by atoms with Crippen LogP contribution in [0.25, 0.3) is 0 Å². The number of benzene rings is 1. The van der Waals surface area contributed by atoms with Crippen LogP contribution in [0.3, 0.4) is 0 Å². The first-order chi connectivity index (χ1) is 9.67. The van der Waals surface area contributed by atoms with Gasteiger partial charge in [0.1, 0.15) is 12.4 Å². The van der Waals surface area contributed by atoms with Gasteiger partial charge in [-0.05, 0) is 37.1 Å². The smallest absolute Gasteiger partial charge is 0.188 e. The molecule has 4 heteroatoms. The largest absolute Gasteiger partial charge is 0.467 e. The number of terminal acetylenes is 1. The van der Waals surface area contributed by atoms with Gasteiger partial charge in [0.2, 0.25) is 0 Å². The SMILES string of the molecule is C#CCOCC(C)=CCc1cc(Br)ccc1OCOC. The fourth-order valence-corrected chi connectivity index (χ4v) is 1.99. The second-order valence-electron chi connectivity index (χ2n) is 4.25. The molecule has 0 saturated carbocycles. The van der Waals surface area contributed by atoms with E-state index in [0.29, 0.717) is 13.2 Å². The molecule has 1 aromatic carbocycles. The Hall–Kier alpha value is -1.28. The number of rotatable bonds is 8. The number of halogens is 1. The van der Waals surface area contributed by atoms with Crippen LogP contribution in [-0.2, 0) is 15.9 Å². The molecule has 1 aromatic rings. The summed E-state index contributed by atoms with van der Waals surface area (Å²) in [5.74, 6) is 3.27. The fraction of sp³-hybridized carbons (Fsp3) is 0.375. The highest BCUT2D eigenvalue weighted by molar-refractivity contribution is 9.10. The van der Waals surface area contributed by atoms with Gasteiger partial charge >= 0.3 is 0 Å². The molecule has 0 N–H and O–H groups in total. The van der Waals surface area contributed by atoms with Crippen LogP contribution in [0.5, 0.6) is 5.75 Å². The van der Waals surface area contributed by atoms with Gasteiger partial charge in [-0.2, -0.15) is 0 Å². The number of allylic oxidation sites excluding steroid dienone is 1. The van der Waals surface area contributed by atoms with E-state index in [1.165, 1.54) is 0 Å². The predicted molar refractivity (Wildman–Crippen MR) is 83.8 cm³/mol. The Balaban J connectivity index is 2.67. The molecule has 1 rings (SSSR count). The van der Waals surface area contributed by atoms with Crippen molar-refractivity contribution in [1.82, 2.24) is 0 Å². The van der Waals surface area contributed by atoms with Gasteiger partial charge < -0.3 is 14.2 Å². The van der Waals surface area contributed by atoms with E-state index in [1.54, 1.807) is 7.11 Å². The van der Waals surface area contributed by atoms with Crippen molar-refractivity contribution in [3.8, 4) is 18.1 Å². The lowest BCUT2D eigenvalue weighted by Crippen LogP contribution is -2.02. The first-order valence-electron chi connectivity index (χ1n) is 6.24. The minimum absolute atomic E-state index is 0.239. The lowest BCUT2D eigenvalue weighted by molar-refractivity contribution is 0.0505. The topological polar surface area (TPSA) is 27.7 Å². The van der Waals surface area contributed by atoms with Crippen LogP contribution in [0.4, 0.5) is 0 Å². The molecule has 0 atom stereocenters. The second-order valence-corrected chi connectivity index (χ2v) is 5.17. The molecule has 0 aromatic heterocycles. The standard InChI is InChI=1S/C16H19BrO3/c1-4-9-19-11-13(2)5-6-14-10-15(17)7-8-16(14)20-12-18-3/h1,5,7-8,10H,6,9,11-12H2,2-3H3. The molecule has 0 aliphatic carbocycles. The van der Waals surface area contributed by atoms with Gasteiger partial charge in [-0.25, -0.2) is 0 Å². The average molecular weight is 339 g/mol. The maximum atomic E-state index is 5.54. The summed E-state index contributed by atoms with van der Waals surface area (Å²) < 4.78 is 16.8. The van der Waals surface area contributed by atoms with E-state index in [-0.39, 0.29) is 6.79 Å². The molecule has 0 aliphatic heterocycles. The summed E-state index contributed by atoms with van der Waals surface area (Å²) in [6.07, 6.45) is 8.01. The van der Waals surface area contributed by atoms with E-state index < -0.39 is 0 Å². The Kier molecular flexibility index (Phi) is 8.05. The zero-order valence-electron chi connectivity index (χ0n) is 11.8. The summed E-state index contributed by atoms with van der Waals surface area (Å²) in [6.45, 7) is 3.14. The van der Waals surface area contributed by atoms with E-state index in [0.717, 1.165) is 27.8 Å². The summed E-state index contributed by atoms with van der Waals surface area (Å²) in [6, 6.07) is 5.91. The molecule has 108 valence electrons. The van der Waals surface area contributed by atoms with Crippen molar-refractivity contribution < 1.29 is 14.2 Å². The third kappa shape index (κ3) is 6.25. The predicted octanol–water partition coefficient (Wildman–Crippen LogP) is 3.57. The summed E-state index contributed by atoms with van der Waals surface area (Å²) in [5.41, 5.74) is 2.23. The van der Waals surface area contributed by atoms with Crippen molar-refractivity contribution in [3.63, 3.8) is 0 Å². The Labute approximate surface area is 129 Å². The van der Waals surface area contributed by atoms with E-state index in [1.807, 2.05) is 25.1 Å². The van der Waals surface area contributed by atoms with Crippen molar-refractivity contribution in [3.05, 3.63) is 39.9 Å². The molecule has 20 heavy (non-hydrogen) atoms. The molecule has 0 heterocycles. The molecule has 0 unspecified atom stereocenters. The summed E-state index contributed by atoms with van der Waals surface area (Å²) >= 11 is 3.47. The monoisotopic (exact) mass is 338 g/mol. The summed E-state index contributed by atoms with van der Waals surface area (Å²) in [4.78, 5) is 0. The zero-order valence-corrected chi connectivity index (χ0v) is 13.4. The number of ether oxygens (including phenoxy) is 3. The van der Waals surface area contributed by atoms with Crippen LogP contribution in [-0.4, -0.2) is 27.1 Å². The Bertz CT molecular complexity index is 489. The highest BCUT2D eigenvalue weighted by Crippen LogP contribution is 2.24. The average Bonchev–Trinajstić information content (AvgIpc) is 2.44. The molecular weight excluding hydrogens is 320 g/mol. The number of methoxy groups -OCH3 is 1. The normalized spacial score (nSPS) is 11.2. The van der Waals surface area contributed by atoms with Crippen LogP contribution in [0.15, 0.2) is 34.3 Å². The molecular formula is C16H19BrO3. The van der Waals surface area contributed by atoms with Crippen molar-refractivity contribution in [2.75, 3.05) is 27.1 Å². The highest BCUT2D eigenvalue weighted by Gasteiger charge is 2.04. The first-order valence-corrected chi connectivity index (χ1v) is 7.03. The maximum absolute atomic E-state index is 5.54. The van der Waals surface area contributed by atoms with E-state index >= 15 is 0 Å². The molecule has 3 nitrogen and oxygen atoms in total. The minimum Gasteiger partial charge on any atom is -0.467 e. The van der Waals surface area contributed by atoms with Crippen LogP contribution < -0.4 is 4.74 Å². The van der Waals surface area contributed by atoms with Crippen molar-refractivity contribution >= 4 is 15.9 Å². The van der Waals surface area contributed by atoms with Gasteiger partial charge in [0.15, 0.2) is 6.79 Å². The second kappa shape index (κ2) is 9.60. The first kappa shape index (κ1) is 16.8.